The summed E-state index contributed by atoms with van der Waals surface area (Å²) in [6.45, 7) is 10.4. The molecular formula is C27H32N2O3. The van der Waals surface area contributed by atoms with Crippen LogP contribution in [0.15, 0.2) is 48.2 Å². The molecule has 32 heavy (non-hydrogen) atoms. The van der Waals surface area contributed by atoms with Gasteiger partial charge in [-0.15, -0.1) is 0 Å². The molecule has 168 valence electrons. The van der Waals surface area contributed by atoms with Gasteiger partial charge >= 0.3 is 0 Å². The minimum atomic E-state index is -0.275. The van der Waals surface area contributed by atoms with Gasteiger partial charge in [-0.3, -0.25) is 9.59 Å². The van der Waals surface area contributed by atoms with Crippen LogP contribution in [0.3, 0.4) is 0 Å². The maximum Gasteiger partial charge on any atom is 0.282 e. The monoisotopic (exact) mass is 432 g/mol. The minimum absolute atomic E-state index is 0.258. The van der Waals surface area contributed by atoms with Gasteiger partial charge in [-0.05, 0) is 62.3 Å². The molecule has 0 radical (unpaired) electrons. The van der Waals surface area contributed by atoms with E-state index in [0.29, 0.717) is 35.2 Å². The van der Waals surface area contributed by atoms with E-state index >= 15 is 0 Å². The zero-order chi connectivity index (χ0) is 22.8. The van der Waals surface area contributed by atoms with Crippen molar-refractivity contribution in [2.75, 3.05) is 24.6 Å². The molecule has 5 heteroatoms. The topological polar surface area (TPSA) is 49.9 Å². The third kappa shape index (κ3) is 4.04. The van der Waals surface area contributed by atoms with Crippen molar-refractivity contribution in [3.8, 4) is 5.75 Å². The van der Waals surface area contributed by atoms with E-state index in [1.807, 2.05) is 51.1 Å². The first-order valence-electron chi connectivity index (χ1n) is 11.6. The number of ether oxygens (including phenoxy) is 1. The minimum Gasteiger partial charge on any atom is -0.491 e. The molecule has 2 aliphatic heterocycles. The number of carbonyl (C=O) groups excluding carboxylic acids is 2. The number of benzene rings is 2. The van der Waals surface area contributed by atoms with Crippen molar-refractivity contribution in [2.24, 2.45) is 5.92 Å². The van der Waals surface area contributed by atoms with E-state index in [-0.39, 0.29) is 11.8 Å². The summed E-state index contributed by atoms with van der Waals surface area (Å²) in [6.07, 6.45) is 3.00. The van der Waals surface area contributed by atoms with E-state index in [1.54, 1.807) is 6.07 Å². The fraction of sp³-hybridized carbons (Fsp3) is 0.407. The molecule has 1 fully saturated rings. The summed E-state index contributed by atoms with van der Waals surface area (Å²) in [6, 6.07) is 13.4. The number of hydrogen-bond acceptors (Lipinski definition) is 4. The Morgan fingerprint density at radius 1 is 1.06 bits per heavy atom. The van der Waals surface area contributed by atoms with Crippen LogP contribution < -0.4 is 9.64 Å². The summed E-state index contributed by atoms with van der Waals surface area (Å²) >= 11 is 0. The Labute approximate surface area is 190 Å². The smallest absolute Gasteiger partial charge is 0.282 e. The van der Waals surface area contributed by atoms with Crippen molar-refractivity contribution in [3.05, 3.63) is 64.9 Å². The molecule has 2 heterocycles. The Morgan fingerprint density at radius 2 is 1.84 bits per heavy atom. The lowest BCUT2D eigenvalue weighted by atomic mass is 9.95. The van der Waals surface area contributed by atoms with Crippen molar-refractivity contribution >= 4 is 23.1 Å². The summed E-state index contributed by atoms with van der Waals surface area (Å²) in [5.41, 5.74) is 4.51. The molecular weight excluding hydrogens is 400 g/mol. The lowest BCUT2D eigenvalue weighted by Crippen LogP contribution is -2.39. The van der Waals surface area contributed by atoms with Gasteiger partial charge in [0, 0.05) is 13.1 Å². The van der Waals surface area contributed by atoms with Crippen LogP contribution in [0.4, 0.5) is 5.69 Å². The molecule has 4 rings (SSSR count). The molecule has 2 amide bonds. The summed E-state index contributed by atoms with van der Waals surface area (Å²) in [7, 11) is 0. The molecule has 1 atom stereocenters. The second kappa shape index (κ2) is 9.19. The van der Waals surface area contributed by atoms with Crippen molar-refractivity contribution in [1.29, 1.82) is 0 Å². The van der Waals surface area contributed by atoms with Gasteiger partial charge in [0.1, 0.15) is 11.4 Å². The molecule has 2 aliphatic rings. The Morgan fingerprint density at radius 3 is 2.56 bits per heavy atom. The predicted octanol–water partition coefficient (Wildman–Crippen LogP) is 5.11. The van der Waals surface area contributed by atoms with Crippen molar-refractivity contribution in [1.82, 2.24) is 4.90 Å². The molecule has 0 N–H and O–H groups in total. The maximum absolute atomic E-state index is 13.9. The Hall–Kier alpha value is -3.08. The van der Waals surface area contributed by atoms with Crippen LogP contribution in [0.1, 0.15) is 49.8 Å². The third-order valence-corrected chi connectivity index (χ3v) is 6.25. The third-order valence-electron chi connectivity index (χ3n) is 6.25. The van der Waals surface area contributed by atoms with Gasteiger partial charge in [-0.1, -0.05) is 49.7 Å². The number of imide groups is 1. The highest BCUT2D eigenvalue weighted by Crippen LogP contribution is 2.40. The number of carbonyl (C=O) groups is 2. The predicted molar refractivity (Wildman–Crippen MR) is 128 cm³/mol. The van der Waals surface area contributed by atoms with Crippen LogP contribution in [-0.2, 0) is 9.59 Å². The summed E-state index contributed by atoms with van der Waals surface area (Å²) < 4.78 is 5.90. The fourth-order valence-electron chi connectivity index (χ4n) is 4.74. The number of nitrogens with zero attached hydrogens (tertiary/aromatic N) is 2. The highest BCUT2D eigenvalue weighted by Gasteiger charge is 2.44. The molecule has 0 bridgehead atoms. The number of amides is 2. The normalized spacial score (nSPS) is 19.2. The van der Waals surface area contributed by atoms with E-state index in [1.165, 1.54) is 4.90 Å². The molecule has 2 aromatic carbocycles. The van der Waals surface area contributed by atoms with E-state index in [0.717, 1.165) is 49.0 Å². The average molecular weight is 433 g/mol. The van der Waals surface area contributed by atoms with Gasteiger partial charge < -0.3 is 9.64 Å². The molecule has 0 spiro atoms. The second-order valence-electron chi connectivity index (χ2n) is 9.00. The van der Waals surface area contributed by atoms with Crippen LogP contribution >= 0.6 is 0 Å². The van der Waals surface area contributed by atoms with Gasteiger partial charge in [0.05, 0.1) is 17.9 Å². The maximum atomic E-state index is 13.9. The number of piperidine rings is 1. The summed E-state index contributed by atoms with van der Waals surface area (Å²) in [5, 5.41) is 0. The second-order valence-corrected chi connectivity index (χ2v) is 9.00. The highest BCUT2D eigenvalue weighted by atomic mass is 16.5. The summed E-state index contributed by atoms with van der Waals surface area (Å²) in [4.78, 5) is 31.2. The quantitative estimate of drug-likeness (QED) is 0.596. The van der Waals surface area contributed by atoms with Crippen LogP contribution in [0.2, 0.25) is 0 Å². The van der Waals surface area contributed by atoms with Crippen molar-refractivity contribution < 1.29 is 14.3 Å². The van der Waals surface area contributed by atoms with Gasteiger partial charge in [0.2, 0.25) is 0 Å². The van der Waals surface area contributed by atoms with E-state index in [9.17, 15) is 9.59 Å². The van der Waals surface area contributed by atoms with E-state index in [4.69, 9.17) is 4.74 Å². The molecule has 5 nitrogen and oxygen atoms in total. The zero-order valence-corrected chi connectivity index (χ0v) is 19.5. The summed E-state index contributed by atoms with van der Waals surface area (Å²) in [5.74, 6) is 0.507. The lowest BCUT2D eigenvalue weighted by Gasteiger charge is -2.33. The van der Waals surface area contributed by atoms with Crippen LogP contribution in [-0.4, -0.2) is 36.4 Å². The van der Waals surface area contributed by atoms with Gasteiger partial charge in [0.15, 0.2) is 0 Å². The van der Waals surface area contributed by atoms with E-state index < -0.39 is 0 Å². The zero-order valence-electron chi connectivity index (χ0n) is 19.5. The number of para-hydroxylation sites is 2. The van der Waals surface area contributed by atoms with E-state index in [2.05, 4.69) is 17.9 Å². The van der Waals surface area contributed by atoms with Crippen molar-refractivity contribution in [3.63, 3.8) is 0 Å². The number of likely N-dealkylation sites (tertiary alicyclic amines) is 1. The Kier molecular flexibility index (Phi) is 6.35. The number of anilines is 1. The van der Waals surface area contributed by atoms with Crippen LogP contribution in [0.5, 0.6) is 5.75 Å². The van der Waals surface area contributed by atoms with Crippen LogP contribution in [0.25, 0.3) is 5.57 Å². The first kappa shape index (κ1) is 22.1. The largest absolute Gasteiger partial charge is 0.491 e. The van der Waals surface area contributed by atoms with Crippen molar-refractivity contribution in [2.45, 2.75) is 47.0 Å². The average Bonchev–Trinajstić information content (AvgIpc) is 3.02. The van der Waals surface area contributed by atoms with Gasteiger partial charge in [-0.2, -0.15) is 0 Å². The standard InChI is InChI=1S/C27H32N2O3/c1-5-15-32-23-11-7-6-10-22(23)29-26(30)24(21-13-12-18(2)16-20(21)4)25(27(29)31)28-14-8-9-19(3)17-28/h6-7,10-13,16,19H,5,8-9,14-15,17H2,1-4H3. The highest BCUT2D eigenvalue weighted by molar-refractivity contribution is 6.45. The molecule has 1 saturated heterocycles. The molecule has 1 unspecified atom stereocenters. The lowest BCUT2D eigenvalue weighted by molar-refractivity contribution is -0.120. The molecule has 2 aromatic rings. The Balaban J connectivity index is 1.84. The molecule has 0 aliphatic carbocycles. The van der Waals surface area contributed by atoms with Gasteiger partial charge in [-0.25, -0.2) is 4.90 Å². The first-order valence-corrected chi connectivity index (χ1v) is 11.6. The number of hydrogen-bond donors (Lipinski definition) is 0. The molecule has 0 saturated carbocycles. The van der Waals surface area contributed by atoms with Crippen LogP contribution in [0, 0.1) is 19.8 Å². The molecule has 0 aromatic heterocycles. The van der Waals surface area contributed by atoms with Gasteiger partial charge in [0.25, 0.3) is 11.8 Å². The first-order chi connectivity index (χ1) is 15.4. The number of aryl methyl sites for hydroxylation is 2. The SMILES string of the molecule is CCCOc1ccccc1N1C(=O)C(c2ccc(C)cc2C)=C(N2CCCC(C)C2)C1=O. The fourth-order valence-corrected chi connectivity index (χ4v) is 4.74. The Bertz CT molecular complexity index is 1070. The number of rotatable bonds is 6.